The van der Waals surface area contributed by atoms with Crippen molar-refractivity contribution in [1.82, 2.24) is 5.32 Å². The Morgan fingerprint density at radius 3 is 0.957 bits per heavy atom. The summed E-state index contributed by atoms with van der Waals surface area (Å²) in [4.78, 5) is 13.2. The van der Waals surface area contributed by atoms with E-state index < -0.39 is 49.5 Å². The Labute approximate surface area is 583 Å². The Kier molecular flexibility index (Phi) is 70.4. The van der Waals surface area contributed by atoms with Crippen LogP contribution in [0.4, 0.5) is 0 Å². The average Bonchev–Trinajstić information content (AvgIpc) is 0.829. The maximum absolute atomic E-state index is 13.2. The molecular weight excluding hydrogens is 1160 g/mol. The van der Waals surface area contributed by atoms with Crippen LogP contribution in [0.5, 0.6) is 0 Å². The van der Waals surface area contributed by atoms with Crippen molar-refractivity contribution in [3.05, 3.63) is 60.8 Å². The number of ether oxygens (including phenoxy) is 2. The molecule has 6 N–H and O–H groups in total. The van der Waals surface area contributed by atoms with E-state index in [2.05, 4.69) is 67.8 Å². The number of allylic oxidation sites excluding steroid dienone is 9. The minimum atomic E-state index is -1.58. The number of amides is 1. The number of nitrogens with one attached hydrogen (secondary N) is 1. The van der Waals surface area contributed by atoms with Crippen LogP contribution in [-0.2, 0) is 14.3 Å². The zero-order valence-corrected chi connectivity index (χ0v) is 62.2. The van der Waals surface area contributed by atoms with Crippen LogP contribution in [0.25, 0.3) is 0 Å². The van der Waals surface area contributed by atoms with Crippen molar-refractivity contribution in [1.29, 1.82) is 0 Å². The quantitative estimate of drug-likeness (QED) is 0.0261. The fourth-order valence-electron chi connectivity index (χ4n) is 13.3. The van der Waals surface area contributed by atoms with Crippen molar-refractivity contribution in [2.45, 2.75) is 461 Å². The molecule has 1 aliphatic rings. The largest absolute Gasteiger partial charge is 0.394 e. The second-order valence-electron chi connectivity index (χ2n) is 28.9. The third-order valence-corrected chi connectivity index (χ3v) is 19.8. The number of carbonyl (C=O) groups excluding carboxylic acids is 1. The van der Waals surface area contributed by atoms with Crippen molar-refractivity contribution in [3.63, 3.8) is 0 Å². The molecule has 1 rings (SSSR count). The van der Waals surface area contributed by atoms with E-state index in [0.29, 0.717) is 6.42 Å². The van der Waals surface area contributed by atoms with E-state index in [-0.39, 0.29) is 12.5 Å². The van der Waals surface area contributed by atoms with Gasteiger partial charge < -0.3 is 40.3 Å². The monoisotopic (exact) mass is 1320 g/mol. The first-order chi connectivity index (χ1) is 46.3. The van der Waals surface area contributed by atoms with E-state index in [0.717, 1.165) is 51.4 Å². The lowest BCUT2D eigenvalue weighted by molar-refractivity contribution is -0.302. The minimum absolute atomic E-state index is 0.183. The SMILES string of the molecule is CCCCCCC/C=C\C/C=C\CCCCCCCCCCCCCCCCCCCCCCCCCCCCCC(=O)NC(COC1OC(CO)C(O)C(O)C1O)C(O)/C=C/CC/C=C/CC/C=C/CCCCCCCCCCCCCCCCCCCCCCCC. The topological polar surface area (TPSA) is 149 Å². The summed E-state index contributed by atoms with van der Waals surface area (Å²) in [6.07, 6.45) is 96.8. The Hall–Kier alpha value is -2.11. The van der Waals surface area contributed by atoms with Gasteiger partial charge in [-0.1, -0.05) is 396 Å². The van der Waals surface area contributed by atoms with Crippen LogP contribution in [0.2, 0.25) is 0 Å². The average molecular weight is 1320 g/mol. The number of aliphatic hydroxyl groups is 5. The van der Waals surface area contributed by atoms with E-state index in [1.165, 1.54) is 347 Å². The van der Waals surface area contributed by atoms with Crippen molar-refractivity contribution in [3.8, 4) is 0 Å². The van der Waals surface area contributed by atoms with E-state index in [4.69, 9.17) is 9.47 Å². The molecule has 0 aromatic rings. The Morgan fingerprint density at radius 2 is 0.638 bits per heavy atom. The molecule has 9 heteroatoms. The highest BCUT2D eigenvalue weighted by Crippen LogP contribution is 2.24. The van der Waals surface area contributed by atoms with Gasteiger partial charge in [-0.15, -0.1) is 0 Å². The van der Waals surface area contributed by atoms with Crippen molar-refractivity contribution in [2.24, 2.45) is 0 Å². The highest BCUT2D eigenvalue weighted by atomic mass is 16.7. The first-order valence-electron chi connectivity index (χ1n) is 41.5. The number of aliphatic hydroxyl groups excluding tert-OH is 5. The maximum atomic E-state index is 13.2. The number of hydrogen-bond donors (Lipinski definition) is 6. The molecule has 1 aliphatic heterocycles. The van der Waals surface area contributed by atoms with Crippen molar-refractivity contribution in [2.75, 3.05) is 13.2 Å². The zero-order valence-electron chi connectivity index (χ0n) is 62.2. The Bertz CT molecular complexity index is 1680. The molecule has 0 aromatic heterocycles. The molecule has 552 valence electrons. The number of rotatable bonds is 74. The molecule has 1 saturated heterocycles. The van der Waals surface area contributed by atoms with Gasteiger partial charge in [-0.25, -0.2) is 0 Å². The van der Waals surface area contributed by atoms with Crippen molar-refractivity contribution >= 4 is 5.91 Å². The fourth-order valence-corrected chi connectivity index (χ4v) is 13.3. The van der Waals surface area contributed by atoms with Crippen LogP contribution >= 0.6 is 0 Å². The third kappa shape index (κ3) is 61.0. The van der Waals surface area contributed by atoms with Crippen LogP contribution < -0.4 is 5.32 Å². The molecule has 0 aliphatic carbocycles. The molecule has 0 aromatic carbocycles. The zero-order chi connectivity index (χ0) is 67.8. The maximum Gasteiger partial charge on any atom is 0.220 e. The molecule has 1 heterocycles. The second kappa shape index (κ2) is 73.6. The van der Waals surface area contributed by atoms with Crippen LogP contribution in [0.3, 0.4) is 0 Å². The van der Waals surface area contributed by atoms with Gasteiger partial charge in [0, 0.05) is 6.42 Å². The van der Waals surface area contributed by atoms with Gasteiger partial charge in [0.25, 0.3) is 0 Å². The summed E-state index contributed by atoms with van der Waals surface area (Å²) in [6, 6.07) is -0.831. The predicted molar refractivity (Wildman–Crippen MR) is 406 cm³/mol. The van der Waals surface area contributed by atoms with Gasteiger partial charge in [-0.05, 0) is 77.0 Å². The number of unbranched alkanes of at least 4 members (excludes halogenated alkanes) is 56. The van der Waals surface area contributed by atoms with Crippen molar-refractivity contribution < 1.29 is 39.8 Å². The summed E-state index contributed by atoms with van der Waals surface area (Å²) in [5.41, 5.74) is 0. The van der Waals surface area contributed by atoms with Crippen LogP contribution in [0.15, 0.2) is 60.8 Å². The lowest BCUT2D eigenvalue weighted by atomic mass is 9.99. The highest BCUT2D eigenvalue weighted by molar-refractivity contribution is 5.76. The van der Waals surface area contributed by atoms with Gasteiger partial charge in [0.05, 0.1) is 25.4 Å². The molecule has 1 fully saturated rings. The molecule has 0 bridgehead atoms. The lowest BCUT2D eigenvalue weighted by Gasteiger charge is -2.40. The Morgan fingerprint density at radius 1 is 0.362 bits per heavy atom. The predicted octanol–water partition coefficient (Wildman–Crippen LogP) is 24.0. The lowest BCUT2D eigenvalue weighted by Crippen LogP contribution is -2.60. The van der Waals surface area contributed by atoms with Gasteiger partial charge >= 0.3 is 0 Å². The van der Waals surface area contributed by atoms with E-state index >= 15 is 0 Å². The van der Waals surface area contributed by atoms with E-state index in [1.807, 2.05) is 6.08 Å². The Balaban J connectivity index is 2.07. The van der Waals surface area contributed by atoms with Gasteiger partial charge in [-0.2, -0.15) is 0 Å². The molecule has 9 nitrogen and oxygen atoms in total. The third-order valence-electron chi connectivity index (χ3n) is 19.8. The van der Waals surface area contributed by atoms with Crippen LogP contribution in [-0.4, -0.2) is 87.5 Å². The molecule has 0 radical (unpaired) electrons. The van der Waals surface area contributed by atoms with E-state index in [1.54, 1.807) is 6.08 Å². The summed E-state index contributed by atoms with van der Waals surface area (Å²) >= 11 is 0. The van der Waals surface area contributed by atoms with Crippen LogP contribution in [0.1, 0.15) is 418 Å². The summed E-state index contributed by atoms with van der Waals surface area (Å²) in [5, 5.41) is 54.9. The first-order valence-corrected chi connectivity index (χ1v) is 41.5. The van der Waals surface area contributed by atoms with E-state index in [9.17, 15) is 30.3 Å². The molecule has 7 unspecified atom stereocenters. The highest BCUT2D eigenvalue weighted by Gasteiger charge is 2.44. The number of carbonyl (C=O) groups is 1. The van der Waals surface area contributed by atoms with Gasteiger partial charge in [-0.3, -0.25) is 4.79 Å². The minimum Gasteiger partial charge on any atom is -0.394 e. The first kappa shape index (κ1) is 89.9. The van der Waals surface area contributed by atoms with Gasteiger partial charge in [0.2, 0.25) is 5.91 Å². The molecule has 94 heavy (non-hydrogen) atoms. The molecule has 7 atom stereocenters. The van der Waals surface area contributed by atoms with Gasteiger partial charge in [0.15, 0.2) is 6.29 Å². The number of hydrogen-bond acceptors (Lipinski definition) is 8. The molecule has 1 amide bonds. The summed E-state index contributed by atoms with van der Waals surface area (Å²) in [6.45, 7) is 3.81. The molecule has 0 saturated carbocycles. The smallest absolute Gasteiger partial charge is 0.220 e. The summed E-state index contributed by atoms with van der Waals surface area (Å²) < 4.78 is 11.3. The molecule has 0 spiro atoms. The normalized spacial score (nSPS) is 17.8. The molecular formula is C85H159NO8. The standard InChI is InChI=1S/C85H159NO8/c1-3-5-7-9-11-13-15-17-19-21-23-25-27-29-31-33-35-37-38-39-40-41-42-43-45-47-49-51-53-55-57-59-61-63-65-67-69-71-73-75-81(89)86-78(77-93-85-84(92)83(91)82(90)80(76-87)94-85)79(88)74-72-70-68-66-64-62-60-58-56-54-52-50-48-46-44-36-34-32-30-28-26-24-22-20-18-16-14-12-10-8-6-4-2/h15,17,21,23,56,58,64,66,72,74,78-80,82-85,87-88,90-92H,3-14,16,18-20,22,24-55,57,59-63,65,67-71,73,75-77H2,1-2H3,(H,86,89)/b17-15-,23-21-,58-56+,66-64+,74-72+. The summed E-state index contributed by atoms with van der Waals surface area (Å²) in [5.74, 6) is -0.183. The van der Waals surface area contributed by atoms with Gasteiger partial charge in [0.1, 0.15) is 24.4 Å². The second-order valence-corrected chi connectivity index (χ2v) is 28.9. The fraction of sp³-hybridized carbons (Fsp3) is 0.871. The van der Waals surface area contributed by atoms with Crippen LogP contribution in [0, 0.1) is 0 Å². The summed E-state index contributed by atoms with van der Waals surface area (Å²) in [7, 11) is 0.